The Balaban J connectivity index is 1.91. The van der Waals surface area contributed by atoms with Gasteiger partial charge in [-0.25, -0.2) is 4.79 Å². The number of carboxylic acid groups (broad SMARTS) is 1. The van der Waals surface area contributed by atoms with Crippen molar-refractivity contribution in [2.24, 2.45) is 0 Å². The number of carbonyl (C=O) groups excluding carboxylic acids is 1. The number of benzene rings is 1. The number of hydrogen-bond acceptors (Lipinski definition) is 3. The molecule has 1 fully saturated rings. The molecule has 0 aromatic heterocycles. The molecule has 0 unspecified atom stereocenters. The number of ether oxygens (including phenoxy) is 1. The van der Waals surface area contributed by atoms with Gasteiger partial charge in [-0.2, -0.15) is 0 Å². The number of nitrogens with zero attached hydrogens (tertiary/aromatic N) is 1. The van der Waals surface area contributed by atoms with Crippen LogP contribution in [0, 0.1) is 0 Å². The fourth-order valence-corrected chi connectivity index (χ4v) is 2.18. The Bertz CT molecular complexity index is 460. The maximum Gasteiger partial charge on any atom is 0.332 e. The highest BCUT2D eigenvalue weighted by Gasteiger charge is 2.35. The summed E-state index contributed by atoms with van der Waals surface area (Å²) >= 11 is 0. The van der Waals surface area contributed by atoms with Gasteiger partial charge in [0.05, 0.1) is 0 Å². The Kier molecular flexibility index (Phi) is 4.16. The summed E-state index contributed by atoms with van der Waals surface area (Å²) in [6.45, 7) is 0.497. The highest BCUT2D eigenvalue weighted by Crippen LogP contribution is 2.21. The molecule has 1 amide bonds. The minimum atomic E-state index is -0.999. The minimum Gasteiger partial charge on any atom is -0.479 e. The molecular weight excluding hydrogens is 246 g/mol. The van der Waals surface area contributed by atoms with Gasteiger partial charge >= 0.3 is 5.97 Å². The van der Waals surface area contributed by atoms with Gasteiger partial charge in [0.1, 0.15) is 6.10 Å². The third-order valence-electron chi connectivity index (χ3n) is 3.21. The average molecular weight is 263 g/mol. The Morgan fingerprint density at radius 1 is 1.26 bits per heavy atom. The monoisotopic (exact) mass is 263 g/mol. The summed E-state index contributed by atoms with van der Waals surface area (Å²) in [6.07, 6.45) is -0.617. The number of hydrogen-bond donors (Lipinski definition) is 1. The molecule has 0 spiro atoms. The average Bonchev–Trinajstić information content (AvgIpc) is 2.88. The Morgan fingerprint density at radius 2 is 1.89 bits per heavy atom. The normalized spacial score (nSPS) is 22.2. The fraction of sp³-hybridized carbons (Fsp3) is 0.429. The van der Waals surface area contributed by atoms with Crippen molar-refractivity contribution in [3.05, 3.63) is 35.9 Å². The summed E-state index contributed by atoms with van der Waals surface area (Å²) in [6, 6.07) is 9.64. The first-order valence-electron chi connectivity index (χ1n) is 6.25. The number of rotatable bonds is 4. The molecule has 1 heterocycles. The van der Waals surface area contributed by atoms with Crippen LogP contribution >= 0.6 is 0 Å². The molecule has 2 rings (SSSR count). The summed E-state index contributed by atoms with van der Waals surface area (Å²) in [7, 11) is 1.70. The zero-order valence-electron chi connectivity index (χ0n) is 10.8. The van der Waals surface area contributed by atoms with E-state index < -0.39 is 18.2 Å². The second kappa shape index (κ2) is 5.84. The molecule has 5 nitrogen and oxygen atoms in total. The molecule has 1 saturated heterocycles. The predicted molar refractivity (Wildman–Crippen MR) is 68.4 cm³/mol. The number of carbonyl (C=O) groups is 2. The van der Waals surface area contributed by atoms with Gasteiger partial charge in [0.2, 0.25) is 0 Å². The molecule has 1 N–H and O–H groups in total. The number of aliphatic carboxylic acids is 1. The summed E-state index contributed by atoms with van der Waals surface area (Å²) < 4.78 is 5.25. The van der Waals surface area contributed by atoms with Crippen LogP contribution in [0.25, 0.3) is 0 Å². The molecular formula is C14H17NO4. The first kappa shape index (κ1) is 13.5. The van der Waals surface area contributed by atoms with Gasteiger partial charge in [-0.3, -0.25) is 4.79 Å². The van der Waals surface area contributed by atoms with E-state index in [1.165, 1.54) is 0 Å². The minimum absolute atomic E-state index is 0.160. The molecule has 0 aliphatic carbocycles. The van der Waals surface area contributed by atoms with Crippen LogP contribution in [0.1, 0.15) is 18.4 Å². The lowest BCUT2D eigenvalue weighted by atomic mass is 10.1. The summed E-state index contributed by atoms with van der Waals surface area (Å²) in [5, 5.41) is 8.84. The van der Waals surface area contributed by atoms with Crippen molar-refractivity contribution in [2.75, 3.05) is 7.05 Å². The van der Waals surface area contributed by atoms with E-state index in [1.807, 2.05) is 30.3 Å². The van der Waals surface area contributed by atoms with Crippen LogP contribution in [-0.2, 0) is 20.9 Å². The number of amides is 1. The number of carboxylic acids is 1. The molecule has 0 bridgehead atoms. The Morgan fingerprint density at radius 3 is 2.47 bits per heavy atom. The van der Waals surface area contributed by atoms with Gasteiger partial charge in [0.25, 0.3) is 5.91 Å². The first-order chi connectivity index (χ1) is 9.08. The van der Waals surface area contributed by atoms with E-state index in [4.69, 9.17) is 9.84 Å². The summed E-state index contributed by atoms with van der Waals surface area (Å²) in [5.41, 5.74) is 1.03. The standard InChI is InChI=1S/C14H17NO4/c1-15(9-10-5-3-2-4-6-10)13(16)11-7-8-12(19-11)14(17)18/h2-6,11-12H,7-9H2,1H3,(H,17,18)/t11-,12+/m0/s1. The topological polar surface area (TPSA) is 66.8 Å². The van der Waals surface area contributed by atoms with Crippen molar-refractivity contribution < 1.29 is 19.4 Å². The summed E-state index contributed by atoms with van der Waals surface area (Å²) in [4.78, 5) is 24.5. The quantitative estimate of drug-likeness (QED) is 0.888. The van der Waals surface area contributed by atoms with Crippen molar-refractivity contribution >= 4 is 11.9 Å². The van der Waals surface area contributed by atoms with Crippen LogP contribution in [0.15, 0.2) is 30.3 Å². The molecule has 1 aliphatic heterocycles. The van der Waals surface area contributed by atoms with Crippen molar-refractivity contribution in [3.63, 3.8) is 0 Å². The van der Waals surface area contributed by atoms with E-state index in [0.29, 0.717) is 19.4 Å². The second-order valence-corrected chi connectivity index (χ2v) is 4.71. The third-order valence-corrected chi connectivity index (χ3v) is 3.21. The molecule has 5 heteroatoms. The highest BCUT2D eigenvalue weighted by atomic mass is 16.5. The molecule has 1 aromatic rings. The van der Waals surface area contributed by atoms with Gasteiger partial charge in [-0.05, 0) is 18.4 Å². The lowest BCUT2D eigenvalue weighted by Gasteiger charge is -2.21. The van der Waals surface area contributed by atoms with E-state index >= 15 is 0 Å². The van der Waals surface area contributed by atoms with Crippen molar-refractivity contribution in [2.45, 2.75) is 31.6 Å². The molecule has 19 heavy (non-hydrogen) atoms. The van der Waals surface area contributed by atoms with Gasteiger partial charge < -0.3 is 14.7 Å². The van der Waals surface area contributed by atoms with Crippen molar-refractivity contribution in [1.29, 1.82) is 0 Å². The third kappa shape index (κ3) is 3.32. The van der Waals surface area contributed by atoms with Crippen molar-refractivity contribution in [1.82, 2.24) is 4.90 Å². The van der Waals surface area contributed by atoms with E-state index in [1.54, 1.807) is 11.9 Å². The van der Waals surface area contributed by atoms with Crippen molar-refractivity contribution in [3.8, 4) is 0 Å². The van der Waals surface area contributed by atoms with Crippen LogP contribution in [0.5, 0.6) is 0 Å². The van der Waals surface area contributed by atoms with E-state index in [-0.39, 0.29) is 5.91 Å². The molecule has 102 valence electrons. The maximum atomic E-state index is 12.1. The lowest BCUT2D eigenvalue weighted by Crippen LogP contribution is -2.36. The van der Waals surface area contributed by atoms with Gasteiger partial charge in [0.15, 0.2) is 6.10 Å². The zero-order valence-corrected chi connectivity index (χ0v) is 10.8. The Hall–Kier alpha value is -1.88. The van der Waals surface area contributed by atoms with Gasteiger partial charge in [-0.15, -0.1) is 0 Å². The lowest BCUT2D eigenvalue weighted by molar-refractivity contribution is -0.154. The molecule has 1 aliphatic rings. The van der Waals surface area contributed by atoms with E-state index in [9.17, 15) is 9.59 Å². The zero-order chi connectivity index (χ0) is 13.8. The summed E-state index contributed by atoms with van der Waals surface area (Å²) in [5.74, 6) is -1.16. The fourth-order valence-electron chi connectivity index (χ4n) is 2.18. The number of likely N-dealkylation sites (N-methyl/N-ethyl adjacent to an activating group) is 1. The van der Waals surface area contributed by atoms with Crippen LogP contribution in [0.4, 0.5) is 0 Å². The molecule has 0 saturated carbocycles. The SMILES string of the molecule is CN(Cc1ccccc1)C(=O)[C@@H]1CC[C@H](C(=O)O)O1. The predicted octanol–water partition coefficient (Wildman–Crippen LogP) is 1.28. The maximum absolute atomic E-state index is 12.1. The van der Waals surface area contributed by atoms with Gasteiger partial charge in [0, 0.05) is 13.6 Å². The Labute approximate surface area is 111 Å². The second-order valence-electron chi connectivity index (χ2n) is 4.71. The highest BCUT2D eigenvalue weighted by molar-refractivity contribution is 5.82. The smallest absolute Gasteiger partial charge is 0.332 e. The van der Waals surface area contributed by atoms with E-state index in [2.05, 4.69) is 0 Å². The first-order valence-corrected chi connectivity index (χ1v) is 6.25. The molecule has 0 radical (unpaired) electrons. The van der Waals surface area contributed by atoms with Gasteiger partial charge in [-0.1, -0.05) is 30.3 Å². The molecule has 2 atom stereocenters. The van der Waals surface area contributed by atoms with Crippen LogP contribution in [0.2, 0.25) is 0 Å². The van der Waals surface area contributed by atoms with Crippen LogP contribution in [0.3, 0.4) is 0 Å². The molecule has 1 aromatic carbocycles. The van der Waals surface area contributed by atoms with Crippen LogP contribution < -0.4 is 0 Å². The largest absolute Gasteiger partial charge is 0.479 e. The van der Waals surface area contributed by atoms with E-state index in [0.717, 1.165) is 5.56 Å². The van der Waals surface area contributed by atoms with Crippen LogP contribution in [-0.4, -0.2) is 41.1 Å².